The first-order valence-corrected chi connectivity index (χ1v) is 12.1. The summed E-state index contributed by atoms with van der Waals surface area (Å²) < 4.78 is 4.58. The molecule has 8 aromatic rings. The zero-order valence-electron chi connectivity index (χ0n) is 19.3. The third-order valence-corrected chi connectivity index (χ3v) is 7.14. The molecule has 4 nitrogen and oxygen atoms in total. The molecule has 0 aliphatic rings. The first-order valence-electron chi connectivity index (χ1n) is 12.1. The van der Waals surface area contributed by atoms with E-state index in [0.717, 1.165) is 50.0 Å². The van der Waals surface area contributed by atoms with Gasteiger partial charge in [0.2, 0.25) is 0 Å². The lowest BCUT2D eigenvalue weighted by Gasteiger charge is -2.11. The zero-order chi connectivity index (χ0) is 23.6. The highest BCUT2D eigenvalue weighted by Gasteiger charge is 2.20. The molecule has 0 amide bonds. The van der Waals surface area contributed by atoms with E-state index in [1.165, 1.54) is 16.2 Å². The molecule has 0 aliphatic heterocycles. The van der Waals surface area contributed by atoms with Gasteiger partial charge in [0, 0.05) is 28.0 Å². The van der Waals surface area contributed by atoms with E-state index in [1.54, 1.807) is 0 Å². The monoisotopic (exact) mass is 460 g/mol. The maximum Gasteiger partial charge on any atom is 0.146 e. The number of para-hydroxylation sites is 2. The smallest absolute Gasteiger partial charge is 0.146 e. The molecular formula is C32H20N4. The second-order valence-electron chi connectivity index (χ2n) is 9.12. The minimum Gasteiger partial charge on any atom is -0.305 e. The van der Waals surface area contributed by atoms with Gasteiger partial charge in [-0.25, -0.2) is 4.98 Å². The van der Waals surface area contributed by atoms with Crippen molar-refractivity contribution in [2.75, 3.05) is 0 Å². The first kappa shape index (κ1) is 19.4. The van der Waals surface area contributed by atoms with Gasteiger partial charge in [0.1, 0.15) is 16.7 Å². The van der Waals surface area contributed by atoms with Crippen LogP contribution in [-0.4, -0.2) is 19.1 Å². The van der Waals surface area contributed by atoms with Crippen LogP contribution in [0.25, 0.3) is 66.2 Å². The Morgan fingerprint density at radius 1 is 0.500 bits per heavy atom. The largest absolute Gasteiger partial charge is 0.305 e. The highest BCUT2D eigenvalue weighted by atomic mass is 15.1. The molecule has 4 heteroatoms. The van der Waals surface area contributed by atoms with E-state index < -0.39 is 0 Å². The van der Waals surface area contributed by atoms with E-state index in [1.807, 2.05) is 18.3 Å². The van der Waals surface area contributed by atoms with Crippen molar-refractivity contribution in [1.29, 1.82) is 0 Å². The SMILES string of the molecule is c1ccc(-n2c3ccccc3c3cc4c(nc32)c2ncccc2n4-c2cccc3ccccc23)cc1. The highest BCUT2D eigenvalue weighted by molar-refractivity contribution is 6.15. The minimum absolute atomic E-state index is 0.908. The molecule has 4 aromatic heterocycles. The number of rotatable bonds is 2. The van der Waals surface area contributed by atoms with Crippen LogP contribution in [0.15, 0.2) is 121 Å². The Kier molecular flexibility index (Phi) is 3.91. The van der Waals surface area contributed by atoms with Gasteiger partial charge in [0.05, 0.1) is 22.2 Å². The fourth-order valence-corrected chi connectivity index (χ4v) is 5.61. The van der Waals surface area contributed by atoms with Crippen LogP contribution in [-0.2, 0) is 0 Å². The molecule has 0 saturated carbocycles. The van der Waals surface area contributed by atoms with Crippen molar-refractivity contribution < 1.29 is 0 Å². The molecule has 0 saturated heterocycles. The van der Waals surface area contributed by atoms with Gasteiger partial charge in [-0.05, 0) is 47.9 Å². The summed E-state index contributed by atoms with van der Waals surface area (Å²) in [4.78, 5) is 10.1. The summed E-state index contributed by atoms with van der Waals surface area (Å²) in [6, 6.07) is 40.4. The fourth-order valence-electron chi connectivity index (χ4n) is 5.61. The van der Waals surface area contributed by atoms with Crippen LogP contribution in [0.1, 0.15) is 0 Å². The number of pyridine rings is 2. The van der Waals surface area contributed by atoms with Crippen LogP contribution < -0.4 is 0 Å². The topological polar surface area (TPSA) is 35.6 Å². The van der Waals surface area contributed by atoms with Gasteiger partial charge >= 0.3 is 0 Å². The summed E-state index contributed by atoms with van der Waals surface area (Å²) in [6.07, 6.45) is 1.85. The molecule has 8 rings (SSSR count). The Morgan fingerprint density at radius 3 is 2.17 bits per heavy atom. The highest BCUT2D eigenvalue weighted by Crippen LogP contribution is 2.38. The van der Waals surface area contributed by atoms with Crippen LogP contribution in [0.5, 0.6) is 0 Å². The first-order chi connectivity index (χ1) is 17.9. The second kappa shape index (κ2) is 7.27. The van der Waals surface area contributed by atoms with Crippen LogP contribution in [0.4, 0.5) is 0 Å². The molecule has 36 heavy (non-hydrogen) atoms. The van der Waals surface area contributed by atoms with Crippen LogP contribution >= 0.6 is 0 Å². The summed E-state index contributed by atoms with van der Waals surface area (Å²) >= 11 is 0. The molecule has 0 spiro atoms. The number of fused-ring (bicyclic) bond motifs is 7. The standard InChI is InChI=1S/C32H20N4/c1-2-12-22(13-3-1)35-27-16-7-6-15-24(27)25-20-29-31(34-32(25)35)30-28(18-9-19-33-30)36(29)26-17-8-11-21-10-4-5-14-23(21)26/h1-20H. The van der Waals surface area contributed by atoms with Crippen molar-refractivity contribution in [3.63, 3.8) is 0 Å². The van der Waals surface area contributed by atoms with Crippen molar-refractivity contribution in [2.24, 2.45) is 0 Å². The third kappa shape index (κ3) is 2.58. The van der Waals surface area contributed by atoms with Crippen LogP contribution in [0, 0.1) is 0 Å². The quantitative estimate of drug-likeness (QED) is 0.264. The zero-order valence-corrected chi connectivity index (χ0v) is 19.3. The molecular weight excluding hydrogens is 440 g/mol. The Labute approximate surface area is 206 Å². The minimum atomic E-state index is 0.908. The average Bonchev–Trinajstić information content (AvgIpc) is 3.44. The maximum absolute atomic E-state index is 5.33. The van der Waals surface area contributed by atoms with E-state index in [2.05, 4.69) is 112 Å². The van der Waals surface area contributed by atoms with Gasteiger partial charge in [0.15, 0.2) is 0 Å². The third-order valence-electron chi connectivity index (χ3n) is 7.14. The van der Waals surface area contributed by atoms with Crippen molar-refractivity contribution in [3.05, 3.63) is 121 Å². The van der Waals surface area contributed by atoms with Crippen molar-refractivity contribution >= 4 is 54.8 Å². The number of hydrogen-bond acceptors (Lipinski definition) is 2. The summed E-state index contributed by atoms with van der Waals surface area (Å²) in [5.74, 6) is 0. The molecule has 0 atom stereocenters. The van der Waals surface area contributed by atoms with Crippen LogP contribution in [0.3, 0.4) is 0 Å². The van der Waals surface area contributed by atoms with E-state index in [4.69, 9.17) is 9.97 Å². The van der Waals surface area contributed by atoms with Crippen molar-refractivity contribution in [2.45, 2.75) is 0 Å². The van der Waals surface area contributed by atoms with Crippen molar-refractivity contribution in [1.82, 2.24) is 19.1 Å². The normalized spacial score (nSPS) is 11.9. The molecule has 0 bridgehead atoms. The van der Waals surface area contributed by atoms with Gasteiger partial charge < -0.3 is 4.57 Å². The molecule has 168 valence electrons. The molecule has 4 heterocycles. The lowest BCUT2D eigenvalue weighted by atomic mass is 10.1. The summed E-state index contributed by atoms with van der Waals surface area (Å²) in [5.41, 5.74) is 8.25. The van der Waals surface area contributed by atoms with Gasteiger partial charge in [-0.15, -0.1) is 0 Å². The molecule has 0 N–H and O–H groups in total. The molecule has 4 aromatic carbocycles. The van der Waals surface area contributed by atoms with Gasteiger partial charge in [0.25, 0.3) is 0 Å². The Bertz CT molecular complexity index is 2090. The number of benzene rings is 4. The molecule has 0 unspecified atom stereocenters. The predicted molar refractivity (Wildman–Crippen MR) is 148 cm³/mol. The summed E-state index contributed by atoms with van der Waals surface area (Å²) in [7, 11) is 0. The Morgan fingerprint density at radius 2 is 1.25 bits per heavy atom. The van der Waals surface area contributed by atoms with E-state index in [0.29, 0.717) is 0 Å². The van der Waals surface area contributed by atoms with E-state index in [9.17, 15) is 0 Å². The predicted octanol–water partition coefficient (Wildman–Crippen LogP) is 7.82. The maximum atomic E-state index is 5.33. The van der Waals surface area contributed by atoms with Gasteiger partial charge in [-0.2, -0.15) is 0 Å². The Balaban J connectivity index is 1.58. The number of hydrogen-bond donors (Lipinski definition) is 0. The lowest BCUT2D eigenvalue weighted by molar-refractivity contribution is 1.14. The molecule has 0 aliphatic carbocycles. The average molecular weight is 461 g/mol. The van der Waals surface area contributed by atoms with Gasteiger partial charge in [-0.3, -0.25) is 9.55 Å². The van der Waals surface area contributed by atoms with E-state index in [-0.39, 0.29) is 0 Å². The lowest BCUT2D eigenvalue weighted by Crippen LogP contribution is -1.97. The summed E-state index contributed by atoms with van der Waals surface area (Å²) in [6.45, 7) is 0. The van der Waals surface area contributed by atoms with Crippen molar-refractivity contribution in [3.8, 4) is 11.4 Å². The molecule has 0 fully saturated rings. The number of aromatic nitrogens is 4. The second-order valence-corrected chi connectivity index (χ2v) is 9.12. The number of nitrogens with zero attached hydrogens (tertiary/aromatic N) is 4. The van der Waals surface area contributed by atoms with Gasteiger partial charge in [-0.1, -0.05) is 72.8 Å². The van der Waals surface area contributed by atoms with E-state index >= 15 is 0 Å². The van der Waals surface area contributed by atoms with Crippen LogP contribution in [0.2, 0.25) is 0 Å². The summed E-state index contributed by atoms with van der Waals surface area (Å²) in [5, 5.41) is 4.73. The Hall–Kier alpha value is -4.96. The fraction of sp³-hybridized carbons (Fsp3) is 0. The molecule has 0 radical (unpaired) electrons.